The van der Waals surface area contributed by atoms with Crippen LogP contribution in [0.4, 0.5) is 0 Å². The van der Waals surface area contributed by atoms with E-state index in [0.29, 0.717) is 38.9 Å². The van der Waals surface area contributed by atoms with Crippen molar-refractivity contribution < 1.29 is 28.6 Å². The predicted molar refractivity (Wildman–Crippen MR) is 149 cm³/mol. The van der Waals surface area contributed by atoms with E-state index in [1.165, 1.54) is 13.2 Å². The fourth-order valence-electron chi connectivity index (χ4n) is 4.47. The SMILES string of the molecule is CCOC(=O)c1cc(C(=O)OCC)c2ccc(C#Cc3cc(C(=O)OC)c4cc(C(C)C)cccc3-4)ccc1-2. The summed E-state index contributed by atoms with van der Waals surface area (Å²) in [5.41, 5.74) is 6.29. The lowest BCUT2D eigenvalue weighted by atomic mass is 10.0. The first-order valence-electron chi connectivity index (χ1n) is 12.9. The van der Waals surface area contributed by atoms with E-state index in [0.717, 1.165) is 16.7 Å². The first-order valence-corrected chi connectivity index (χ1v) is 12.9. The van der Waals surface area contributed by atoms with Gasteiger partial charge in [0.1, 0.15) is 0 Å². The van der Waals surface area contributed by atoms with Crippen LogP contribution in [0, 0.1) is 11.8 Å². The summed E-state index contributed by atoms with van der Waals surface area (Å²) in [7, 11) is 1.36. The summed E-state index contributed by atoms with van der Waals surface area (Å²) in [5.74, 6) is 5.21. The molecular weight excluding hydrogens is 492 g/mol. The van der Waals surface area contributed by atoms with Gasteiger partial charge in [-0.1, -0.05) is 56.0 Å². The molecule has 0 spiro atoms. The van der Waals surface area contributed by atoms with Crippen LogP contribution in [0.5, 0.6) is 0 Å². The van der Waals surface area contributed by atoms with Gasteiger partial charge in [0.2, 0.25) is 0 Å². The topological polar surface area (TPSA) is 78.9 Å². The van der Waals surface area contributed by atoms with Crippen molar-refractivity contribution in [2.45, 2.75) is 33.6 Å². The lowest BCUT2D eigenvalue weighted by Gasteiger charge is -2.04. The zero-order valence-electron chi connectivity index (χ0n) is 22.7. The van der Waals surface area contributed by atoms with Crippen LogP contribution in [0.15, 0.2) is 60.7 Å². The van der Waals surface area contributed by atoms with E-state index in [2.05, 4.69) is 25.7 Å². The van der Waals surface area contributed by atoms with E-state index < -0.39 is 17.9 Å². The summed E-state index contributed by atoms with van der Waals surface area (Å²) in [5, 5.41) is 0. The minimum absolute atomic E-state index is 0.216. The Labute approximate surface area is 228 Å². The Balaban J connectivity index is 1.82. The first-order chi connectivity index (χ1) is 18.8. The number of hydrogen-bond acceptors (Lipinski definition) is 6. The van der Waals surface area contributed by atoms with Gasteiger partial charge in [0.15, 0.2) is 0 Å². The second-order valence-electron chi connectivity index (χ2n) is 9.23. The zero-order valence-corrected chi connectivity index (χ0v) is 22.7. The number of carbonyl (C=O) groups is 3. The Kier molecular flexibility index (Phi) is 8.31. The number of methoxy groups -OCH3 is 1. The molecule has 4 rings (SSSR count). The highest BCUT2D eigenvalue weighted by atomic mass is 16.5. The third-order valence-electron chi connectivity index (χ3n) is 6.44. The van der Waals surface area contributed by atoms with E-state index >= 15 is 0 Å². The van der Waals surface area contributed by atoms with Crippen molar-refractivity contribution in [3.63, 3.8) is 0 Å². The molecule has 0 amide bonds. The maximum atomic E-state index is 12.6. The molecule has 0 atom stereocenters. The molecule has 0 aromatic carbocycles. The van der Waals surface area contributed by atoms with Crippen molar-refractivity contribution in [1.29, 1.82) is 0 Å². The number of esters is 3. The van der Waals surface area contributed by atoms with Crippen molar-refractivity contribution >= 4 is 17.9 Å². The van der Waals surface area contributed by atoms with E-state index in [-0.39, 0.29) is 19.1 Å². The van der Waals surface area contributed by atoms with Crippen LogP contribution in [0.1, 0.15) is 81.4 Å². The largest absolute Gasteiger partial charge is 0.465 e. The molecule has 0 N–H and O–H groups in total. The molecule has 0 fully saturated rings. The third kappa shape index (κ3) is 5.63. The number of rotatable bonds is 6. The van der Waals surface area contributed by atoms with Crippen LogP contribution in [0.3, 0.4) is 0 Å². The summed E-state index contributed by atoms with van der Waals surface area (Å²) < 4.78 is 15.4. The Hall–Kier alpha value is -4.63. The molecule has 0 saturated carbocycles. The van der Waals surface area contributed by atoms with Crippen molar-refractivity contribution in [2.75, 3.05) is 20.3 Å². The fraction of sp³-hybridized carbons (Fsp3) is 0.242. The van der Waals surface area contributed by atoms with Crippen LogP contribution < -0.4 is 0 Å². The van der Waals surface area contributed by atoms with Crippen LogP contribution >= 0.6 is 0 Å². The number of fused-ring (bicyclic) bond motifs is 2. The maximum absolute atomic E-state index is 12.6. The molecule has 0 aromatic heterocycles. The van der Waals surface area contributed by atoms with E-state index in [1.54, 1.807) is 44.2 Å². The molecule has 0 saturated heterocycles. The molecule has 0 radical (unpaired) electrons. The second kappa shape index (κ2) is 11.8. The average Bonchev–Trinajstić information content (AvgIpc) is 3.25. The van der Waals surface area contributed by atoms with E-state index in [4.69, 9.17) is 14.2 Å². The molecular formula is C33H30O6. The van der Waals surface area contributed by atoms with Gasteiger partial charge >= 0.3 is 17.9 Å². The van der Waals surface area contributed by atoms with Crippen LogP contribution in [0.25, 0.3) is 22.3 Å². The van der Waals surface area contributed by atoms with Gasteiger partial charge in [0.25, 0.3) is 0 Å². The normalized spacial score (nSPS) is 10.7. The van der Waals surface area contributed by atoms with Gasteiger partial charge in [-0.2, -0.15) is 0 Å². The van der Waals surface area contributed by atoms with Gasteiger partial charge in [-0.25, -0.2) is 14.4 Å². The molecule has 4 aliphatic carbocycles. The third-order valence-corrected chi connectivity index (χ3v) is 6.44. The molecule has 4 aliphatic rings. The molecule has 0 aromatic rings. The number of hydrogen-bond donors (Lipinski definition) is 0. The highest BCUT2D eigenvalue weighted by Crippen LogP contribution is 2.35. The molecule has 0 unspecified atom stereocenters. The lowest BCUT2D eigenvalue weighted by molar-refractivity contribution is 0.0525. The van der Waals surface area contributed by atoms with E-state index in [1.807, 2.05) is 24.3 Å². The van der Waals surface area contributed by atoms with Gasteiger partial charge in [-0.3, -0.25) is 0 Å². The Morgan fingerprint density at radius 2 is 1.28 bits per heavy atom. The van der Waals surface area contributed by atoms with Crippen LogP contribution in [0.2, 0.25) is 0 Å². The number of ether oxygens (including phenoxy) is 3. The minimum atomic E-state index is -0.510. The molecule has 6 heteroatoms. The molecule has 0 bridgehead atoms. The fourth-order valence-corrected chi connectivity index (χ4v) is 4.47. The average molecular weight is 523 g/mol. The summed E-state index contributed by atoms with van der Waals surface area (Å²) in [6.07, 6.45) is 0. The highest BCUT2D eigenvalue weighted by molar-refractivity contribution is 6.08. The van der Waals surface area contributed by atoms with Crippen molar-refractivity contribution in [2.24, 2.45) is 0 Å². The molecule has 198 valence electrons. The monoisotopic (exact) mass is 522 g/mol. The quantitative estimate of drug-likeness (QED) is 0.162. The van der Waals surface area contributed by atoms with Gasteiger partial charge in [-0.15, -0.1) is 0 Å². The van der Waals surface area contributed by atoms with Crippen LogP contribution in [-0.2, 0) is 14.2 Å². The van der Waals surface area contributed by atoms with Gasteiger partial charge in [-0.05, 0) is 77.9 Å². The standard InChI is InChI=1S/C33H30O6/c1-6-38-32(35)29-19-30(33(36)39-7-2)26-16-13-21(12-15-25(26)29)11-14-23-18-28(31(34)37-5)27-17-22(20(3)4)9-8-10-24(23)27/h8-10,12-13,15-20H,6-7H2,1-5H3. The summed E-state index contributed by atoms with van der Waals surface area (Å²) in [4.78, 5) is 37.8. The van der Waals surface area contributed by atoms with Gasteiger partial charge in [0.05, 0.1) is 37.0 Å². The number of carbonyl (C=O) groups excluding carboxylic acids is 3. The first kappa shape index (κ1) is 27.4. The Morgan fingerprint density at radius 3 is 1.82 bits per heavy atom. The molecule has 0 aliphatic heterocycles. The van der Waals surface area contributed by atoms with Crippen molar-refractivity contribution in [1.82, 2.24) is 0 Å². The minimum Gasteiger partial charge on any atom is -0.465 e. The zero-order chi connectivity index (χ0) is 28.1. The van der Waals surface area contributed by atoms with Crippen LogP contribution in [-0.4, -0.2) is 38.2 Å². The van der Waals surface area contributed by atoms with Crippen molar-refractivity contribution in [3.05, 3.63) is 94.0 Å². The predicted octanol–water partition coefficient (Wildman–Crippen LogP) is 6.56. The van der Waals surface area contributed by atoms with Gasteiger partial charge < -0.3 is 14.2 Å². The summed E-state index contributed by atoms with van der Waals surface area (Å²) in [6.45, 7) is 8.09. The summed E-state index contributed by atoms with van der Waals surface area (Å²) in [6, 6.07) is 18.3. The maximum Gasteiger partial charge on any atom is 0.338 e. The van der Waals surface area contributed by atoms with Crippen molar-refractivity contribution in [3.8, 4) is 34.1 Å². The van der Waals surface area contributed by atoms with Gasteiger partial charge in [0, 0.05) is 11.1 Å². The highest BCUT2D eigenvalue weighted by Gasteiger charge is 2.25. The Morgan fingerprint density at radius 1 is 0.692 bits per heavy atom. The molecule has 6 nitrogen and oxygen atoms in total. The molecule has 0 heterocycles. The lowest BCUT2D eigenvalue weighted by Crippen LogP contribution is -2.05. The second-order valence-corrected chi connectivity index (χ2v) is 9.23. The smallest absolute Gasteiger partial charge is 0.338 e. The van der Waals surface area contributed by atoms with E-state index in [9.17, 15) is 14.4 Å². The molecule has 39 heavy (non-hydrogen) atoms. The summed E-state index contributed by atoms with van der Waals surface area (Å²) >= 11 is 0. The Bertz CT molecular complexity index is 1500.